The van der Waals surface area contributed by atoms with Gasteiger partial charge in [-0.1, -0.05) is 30.7 Å². The van der Waals surface area contributed by atoms with Crippen LogP contribution in [-0.2, 0) is 11.2 Å². The van der Waals surface area contributed by atoms with Crippen molar-refractivity contribution in [3.8, 4) is 17.2 Å². The molecule has 0 unspecified atom stereocenters. The molecule has 156 valence electrons. The highest BCUT2D eigenvalue weighted by atomic mass is 35.5. The van der Waals surface area contributed by atoms with E-state index in [0.717, 1.165) is 12.2 Å². The highest BCUT2D eigenvalue weighted by molar-refractivity contribution is 6.32. The molecule has 0 atom stereocenters. The zero-order valence-electron chi connectivity index (χ0n) is 16.7. The van der Waals surface area contributed by atoms with Crippen molar-refractivity contribution < 1.29 is 23.7 Å². The van der Waals surface area contributed by atoms with Crippen LogP contribution in [-0.4, -0.2) is 39.7 Å². The van der Waals surface area contributed by atoms with Gasteiger partial charge in [-0.25, -0.2) is 10.2 Å². The maximum atomic E-state index is 11.0. The van der Waals surface area contributed by atoms with E-state index in [4.69, 9.17) is 25.8 Å². The fraction of sp³-hybridized carbons (Fsp3) is 0.333. The molecule has 0 spiro atoms. The summed E-state index contributed by atoms with van der Waals surface area (Å²) in [4.78, 5) is 11.0. The van der Waals surface area contributed by atoms with E-state index in [-0.39, 0.29) is 0 Å². The van der Waals surface area contributed by atoms with Crippen molar-refractivity contribution in [3.63, 3.8) is 0 Å². The predicted octanol–water partition coefficient (Wildman–Crippen LogP) is 4.45. The molecule has 0 radical (unpaired) electrons. The quantitative estimate of drug-likeness (QED) is 0.349. The number of hydrogen-bond acceptors (Lipinski definition) is 6. The Labute approximate surface area is 175 Å². The lowest BCUT2D eigenvalue weighted by Crippen LogP contribution is -2.16. The molecule has 1 N–H and O–H groups in total. The van der Waals surface area contributed by atoms with Crippen molar-refractivity contribution >= 4 is 23.9 Å². The van der Waals surface area contributed by atoms with Gasteiger partial charge in [-0.2, -0.15) is 5.10 Å². The van der Waals surface area contributed by atoms with Gasteiger partial charge in [0.15, 0.2) is 11.5 Å². The summed E-state index contributed by atoms with van der Waals surface area (Å²) in [5.74, 6) is 1.75. The minimum absolute atomic E-state index is 0.375. The molecule has 2 aromatic rings. The second kappa shape index (κ2) is 11.8. The van der Waals surface area contributed by atoms with Crippen molar-refractivity contribution in [2.75, 3.05) is 27.4 Å². The van der Waals surface area contributed by atoms with E-state index < -0.39 is 6.09 Å². The molecule has 8 heteroatoms. The first-order chi connectivity index (χ1) is 14.1. The fourth-order valence-corrected chi connectivity index (χ4v) is 2.68. The maximum Gasteiger partial charge on any atom is 0.427 e. The molecule has 0 aliphatic carbocycles. The van der Waals surface area contributed by atoms with Crippen LogP contribution in [0.3, 0.4) is 0 Å². The number of hydrogen-bond donors (Lipinski definition) is 1. The van der Waals surface area contributed by atoms with Crippen LogP contribution in [0.25, 0.3) is 0 Å². The number of nitrogens with one attached hydrogen (secondary N) is 1. The Balaban J connectivity index is 1.86. The van der Waals surface area contributed by atoms with Crippen molar-refractivity contribution in [2.24, 2.45) is 5.10 Å². The van der Waals surface area contributed by atoms with Crippen LogP contribution >= 0.6 is 11.6 Å². The molecule has 0 aliphatic heterocycles. The lowest BCUT2D eigenvalue weighted by Gasteiger charge is -2.13. The van der Waals surface area contributed by atoms with Crippen LogP contribution in [0.4, 0.5) is 4.79 Å². The van der Waals surface area contributed by atoms with Crippen LogP contribution < -0.4 is 19.6 Å². The SMILES string of the molecule is CCc1ccc(OCCCOc2c(Cl)cc(C=NNC(=O)OC)cc2OC)cc1. The van der Waals surface area contributed by atoms with Crippen LogP contribution in [0.5, 0.6) is 17.2 Å². The summed E-state index contributed by atoms with van der Waals surface area (Å²) < 4.78 is 21.3. The number of methoxy groups -OCH3 is 2. The molecular formula is C21H25ClN2O5. The molecule has 29 heavy (non-hydrogen) atoms. The minimum Gasteiger partial charge on any atom is -0.493 e. The first kappa shape index (κ1) is 22.4. The molecule has 7 nitrogen and oxygen atoms in total. The predicted molar refractivity (Wildman–Crippen MR) is 113 cm³/mol. The molecule has 2 aromatic carbocycles. The Bertz CT molecular complexity index is 825. The normalized spacial score (nSPS) is 10.6. The first-order valence-electron chi connectivity index (χ1n) is 9.16. The lowest BCUT2D eigenvalue weighted by molar-refractivity contribution is 0.171. The van der Waals surface area contributed by atoms with Crippen molar-refractivity contribution in [2.45, 2.75) is 19.8 Å². The summed E-state index contributed by atoms with van der Waals surface area (Å²) >= 11 is 6.31. The van der Waals surface area contributed by atoms with Gasteiger partial charge >= 0.3 is 6.09 Å². The first-order valence-corrected chi connectivity index (χ1v) is 9.54. The summed E-state index contributed by atoms with van der Waals surface area (Å²) in [6.07, 6.45) is 2.44. The largest absolute Gasteiger partial charge is 0.493 e. The Morgan fingerprint density at radius 1 is 1.14 bits per heavy atom. The Morgan fingerprint density at radius 2 is 1.86 bits per heavy atom. The number of carbonyl (C=O) groups excluding carboxylic acids is 1. The van der Waals surface area contributed by atoms with Crippen molar-refractivity contribution in [1.29, 1.82) is 0 Å². The molecule has 1 amide bonds. The molecule has 2 rings (SSSR count). The van der Waals surface area contributed by atoms with Crippen molar-refractivity contribution in [1.82, 2.24) is 5.43 Å². The summed E-state index contributed by atoms with van der Waals surface area (Å²) in [5.41, 5.74) is 4.11. The number of ether oxygens (including phenoxy) is 4. The summed E-state index contributed by atoms with van der Waals surface area (Å²) in [6.45, 7) is 3.06. The fourth-order valence-electron chi connectivity index (χ4n) is 2.40. The zero-order valence-corrected chi connectivity index (χ0v) is 17.5. The van der Waals surface area contributed by atoms with E-state index in [1.54, 1.807) is 12.1 Å². The molecule has 0 saturated heterocycles. The van der Waals surface area contributed by atoms with Crippen LogP contribution in [0, 0.1) is 0 Å². The summed E-state index contributed by atoms with van der Waals surface area (Å²) in [6, 6.07) is 11.4. The Hall–Kier alpha value is -2.93. The van der Waals surface area contributed by atoms with Crippen LogP contribution in [0.2, 0.25) is 5.02 Å². The third-order valence-electron chi connectivity index (χ3n) is 3.94. The topological polar surface area (TPSA) is 78.4 Å². The van der Waals surface area contributed by atoms with Crippen LogP contribution in [0.15, 0.2) is 41.5 Å². The monoisotopic (exact) mass is 420 g/mol. The Kier molecular flexibility index (Phi) is 9.11. The summed E-state index contributed by atoms with van der Waals surface area (Å²) in [5, 5.41) is 4.14. The second-order valence-corrected chi connectivity index (χ2v) is 6.35. The van der Waals surface area contributed by atoms with Gasteiger partial charge in [-0.05, 0) is 41.8 Å². The number of benzene rings is 2. The van der Waals surface area contributed by atoms with E-state index in [1.165, 1.54) is 26.0 Å². The Morgan fingerprint density at radius 3 is 2.52 bits per heavy atom. The number of amides is 1. The highest BCUT2D eigenvalue weighted by Crippen LogP contribution is 2.36. The maximum absolute atomic E-state index is 11.0. The smallest absolute Gasteiger partial charge is 0.427 e. The number of hydrazone groups is 1. The van der Waals surface area contributed by atoms with Gasteiger partial charge in [0, 0.05) is 6.42 Å². The average Bonchev–Trinajstić information content (AvgIpc) is 2.74. The molecule has 0 fully saturated rings. The summed E-state index contributed by atoms with van der Waals surface area (Å²) in [7, 11) is 2.78. The number of rotatable bonds is 10. The van der Waals surface area contributed by atoms with E-state index in [2.05, 4.69) is 34.3 Å². The molecule has 0 aliphatic rings. The van der Waals surface area contributed by atoms with E-state index >= 15 is 0 Å². The molecule has 0 bridgehead atoms. The van der Waals surface area contributed by atoms with Gasteiger partial charge in [0.1, 0.15) is 5.75 Å². The van der Waals surface area contributed by atoms with Crippen LogP contribution in [0.1, 0.15) is 24.5 Å². The number of halogens is 1. The third kappa shape index (κ3) is 7.19. The molecule has 0 aromatic heterocycles. The van der Waals surface area contributed by atoms with Gasteiger partial charge < -0.3 is 18.9 Å². The van der Waals surface area contributed by atoms with Gasteiger partial charge in [0.2, 0.25) is 0 Å². The standard InChI is InChI=1S/C21H25ClN2O5/c1-4-15-6-8-17(9-7-15)28-10-5-11-29-20-18(22)12-16(13-19(20)26-2)14-23-24-21(25)27-3/h6-9,12-14H,4-5,10-11H2,1-3H3,(H,24,25). The molecule has 0 saturated carbocycles. The van der Waals surface area contributed by atoms with Gasteiger partial charge in [0.05, 0.1) is 38.7 Å². The lowest BCUT2D eigenvalue weighted by atomic mass is 10.2. The zero-order chi connectivity index (χ0) is 21.1. The molecule has 0 heterocycles. The van der Waals surface area contributed by atoms with E-state index in [0.29, 0.717) is 41.7 Å². The number of nitrogens with zero attached hydrogens (tertiary/aromatic N) is 1. The van der Waals surface area contributed by atoms with Crippen molar-refractivity contribution in [3.05, 3.63) is 52.5 Å². The third-order valence-corrected chi connectivity index (χ3v) is 4.22. The second-order valence-electron chi connectivity index (χ2n) is 5.94. The van der Waals surface area contributed by atoms with Gasteiger partial charge in [-0.15, -0.1) is 0 Å². The van der Waals surface area contributed by atoms with Gasteiger partial charge in [0.25, 0.3) is 0 Å². The number of aryl methyl sites for hydroxylation is 1. The molecular weight excluding hydrogens is 396 g/mol. The van der Waals surface area contributed by atoms with E-state index in [1.807, 2.05) is 12.1 Å². The minimum atomic E-state index is -0.664. The van der Waals surface area contributed by atoms with E-state index in [9.17, 15) is 4.79 Å². The average molecular weight is 421 g/mol. The van der Waals surface area contributed by atoms with Gasteiger partial charge in [-0.3, -0.25) is 0 Å². The number of carbonyl (C=O) groups is 1. The highest BCUT2D eigenvalue weighted by Gasteiger charge is 2.11.